The first-order chi connectivity index (χ1) is 9.38. The van der Waals surface area contributed by atoms with Gasteiger partial charge in [0.1, 0.15) is 0 Å². The zero-order valence-corrected chi connectivity index (χ0v) is 12.8. The number of aryl methyl sites for hydroxylation is 1. The Hall–Kier alpha value is -1.11. The Balaban J connectivity index is 2.00. The van der Waals surface area contributed by atoms with Crippen LogP contribution >= 0.6 is 11.6 Å². The zero-order chi connectivity index (χ0) is 14.8. The highest BCUT2D eigenvalue weighted by molar-refractivity contribution is 7.89. The van der Waals surface area contributed by atoms with Gasteiger partial charge < -0.3 is 5.32 Å². The number of halogens is 1. The van der Waals surface area contributed by atoms with E-state index in [0.717, 1.165) is 12.0 Å². The molecule has 2 rings (SSSR count). The minimum Gasteiger partial charge on any atom is -0.325 e. The van der Waals surface area contributed by atoms with Crippen LogP contribution in [0.25, 0.3) is 0 Å². The number of hydrogen-bond donors (Lipinski definition) is 1. The molecule has 1 heterocycles. The molecule has 1 aromatic rings. The molecule has 1 fully saturated rings. The molecule has 7 heteroatoms. The first-order valence-corrected chi connectivity index (χ1v) is 8.41. The summed E-state index contributed by atoms with van der Waals surface area (Å²) in [4.78, 5) is 11.9. The SMILES string of the molecule is Cc1ccc(NC(=O)CN2CCCCS2(=O)=O)cc1Cl. The van der Waals surface area contributed by atoms with Crippen LogP contribution in [0.2, 0.25) is 5.02 Å². The van der Waals surface area contributed by atoms with Gasteiger partial charge in [0.2, 0.25) is 15.9 Å². The molecule has 20 heavy (non-hydrogen) atoms. The van der Waals surface area contributed by atoms with Crippen molar-refractivity contribution in [3.05, 3.63) is 28.8 Å². The fourth-order valence-corrected chi connectivity index (χ4v) is 3.78. The smallest absolute Gasteiger partial charge is 0.239 e. The number of nitrogens with zero attached hydrogens (tertiary/aromatic N) is 1. The summed E-state index contributed by atoms with van der Waals surface area (Å²) >= 11 is 5.98. The Morgan fingerprint density at radius 1 is 1.40 bits per heavy atom. The van der Waals surface area contributed by atoms with Gasteiger partial charge in [0, 0.05) is 17.3 Å². The highest BCUT2D eigenvalue weighted by Crippen LogP contribution is 2.20. The van der Waals surface area contributed by atoms with Crippen molar-refractivity contribution < 1.29 is 13.2 Å². The van der Waals surface area contributed by atoms with Gasteiger partial charge in [0.25, 0.3) is 0 Å². The lowest BCUT2D eigenvalue weighted by Gasteiger charge is -2.25. The lowest BCUT2D eigenvalue weighted by molar-refractivity contribution is -0.116. The fourth-order valence-electron chi connectivity index (χ4n) is 2.05. The molecule has 110 valence electrons. The van der Waals surface area contributed by atoms with Gasteiger partial charge in [-0.1, -0.05) is 17.7 Å². The van der Waals surface area contributed by atoms with E-state index in [1.807, 2.05) is 6.92 Å². The maximum absolute atomic E-state index is 11.9. The van der Waals surface area contributed by atoms with Crippen LogP contribution < -0.4 is 5.32 Å². The number of anilines is 1. The van der Waals surface area contributed by atoms with Crippen LogP contribution in [0, 0.1) is 6.92 Å². The predicted molar refractivity (Wildman–Crippen MR) is 79.4 cm³/mol. The Morgan fingerprint density at radius 2 is 2.15 bits per heavy atom. The second kappa shape index (κ2) is 6.11. The van der Waals surface area contributed by atoms with E-state index in [1.54, 1.807) is 18.2 Å². The van der Waals surface area contributed by atoms with E-state index in [-0.39, 0.29) is 18.2 Å². The fraction of sp³-hybridized carbons (Fsp3) is 0.462. The van der Waals surface area contributed by atoms with Crippen molar-refractivity contribution in [3.8, 4) is 0 Å². The number of amides is 1. The lowest BCUT2D eigenvalue weighted by Crippen LogP contribution is -2.42. The van der Waals surface area contributed by atoms with Crippen LogP contribution in [0.1, 0.15) is 18.4 Å². The largest absolute Gasteiger partial charge is 0.325 e. The number of carbonyl (C=O) groups is 1. The van der Waals surface area contributed by atoms with E-state index < -0.39 is 10.0 Å². The molecule has 1 aliphatic heterocycles. The maximum atomic E-state index is 11.9. The molecule has 1 amide bonds. The van der Waals surface area contributed by atoms with E-state index in [2.05, 4.69) is 5.32 Å². The summed E-state index contributed by atoms with van der Waals surface area (Å²) in [7, 11) is -3.28. The number of sulfonamides is 1. The van der Waals surface area contributed by atoms with Gasteiger partial charge in [-0.2, -0.15) is 4.31 Å². The minimum atomic E-state index is -3.28. The third-order valence-corrected chi connectivity index (χ3v) is 5.54. The number of rotatable bonds is 3. The van der Waals surface area contributed by atoms with E-state index in [1.165, 1.54) is 4.31 Å². The van der Waals surface area contributed by atoms with Crippen molar-refractivity contribution >= 4 is 33.2 Å². The number of hydrogen-bond acceptors (Lipinski definition) is 3. The first-order valence-electron chi connectivity index (χ1n) is 6.42. The van der Waals surface area contributed by atoms with Crippen molar-refractivity contribution in [2.75, 3.05) is 24.2 Å². The number of benzene rings is 1. The normalized spacial score (nSPS) is 18.7. The highest BCUT2D eigenvalue weighted by Gasteiger charge is 2.27. The molecule has 1 aliphatic rings. The molecule has 0 bridgehead atoms. The predicted octanol–water partition coefficient (Wildman–Crippen LogP) is 2.01. The third kappa shape index (κ3) is 3.71. The van der Waals surface area contributed by atoms with E-state index >= 15 is 0 Å². The molecule has 1 aromatic carbocycles. The van der Waals surface area contributed by atoms with E-state index in [4.69, 9.17) is 11.6 Å². The molecule has 0 radical (unpaired) electrons. The van der Waals surface area contributed by atoms with Crippen molar-refractivity contribution in [2.24, 2.45) is 0 Å². The van der Waals surface area contributed by atoms with Gasteiger partial charge in [0.05, 0.1) is 12.3 Å². The molecule has 1 N–H and O–H groups in total. The summed E-state index contributed by atoms with van der Waals surface area (Å²) in [6.45, 7) is 2.13. The minimum absolute atomic E-state index is 0.122. The zero-order valence-electron chi connectivity index (χ0n) is 11.2. The van der Waals surface area contributed by atoms with Crippen LogP contribution in [-0.4, -0.2) is 37.5 Å². The van der Waals surface area contributed by atoms with Crippen LogP contribution in [0.4, 0.5) is 5.69 Å². The van der Waals surface area contributed by atoms with Gasteiger partial charge >= 0.3 is 0 Å². The molecule has 0 unspecified atom stereocenters. The second-order valence-corrected chi connectivity index (χ2v) is 7.36. The molecule has 0 aliphatic carbocycles. The van der Waals surface area contributed by atoms with Crippen molar-refractivity contribution in [1.82, 2.24) is 4.31 Å². The lowest BCUT2D eigenvalue weighted by atomic mass is 10.2. The Labute approximate surface area is 124 Å². The second-order valence-electron chi connectivity index (χ2n) is 4.87. The van der Waals surface area contributed by atoms with Crippen LogP contribution in [-0.2, 0) is 14.8 Å². The van der Waals surface area contributed by atoms with E-state index in [0.29, 0.717) is 23.7 Å². The van der Waals surface area contributed by atoms with Gasteiger partial charge in [-0.15, -0.1) is 0 Å². The van der Waals surface area contributed by atoms with Crippen LogP contribution in [0.5, 0.6) is 0 Å². The first kappa shape index (κ1) is 15.3. The monoisotopic (exact) mass is 316 g/mol. The van der Waals surface area contributed by atoms with Gasteiger partial charge in [0.15, 0.2) is 0 Å². The van der Waals surface area contributed by atoms with Crippen molar-refractivity contribution in [3.63, 3.8) is 0 Å². The topological polar surface area (TPSA) is 66.5 Å². The average molecular weight is 317 g/mol. The van der Waals surface area contributed by atoms with Gasteiger partial charge in [-0.05, 0) is 37.5 Å². The molecule has 0 spiro atoms. The summed E-state index contributed by atoms with van der Waals surface area (Å²) in [6, 6.07) is 5.19. The molecule has 1 saturated heterocycles. The van der Waals surface area contributed by atoms with Gasteiger partial charge in [-0.3, -0.25) is 4.79 Å². The Morgan fingerprint density at radius 3 is 2.80 bits per heavy atom. The van der Waals surface area contributed by atoms with E-state index in [9.17, 15) is 13.2 Å². The maximum Gasteiger partial charge on any atom is 0.239 e. The molecular weight excluding hydrogens is 300 g/mol. The standard InChI is InChI=1S/C13H17ClN2O3S/c1-10-4-5-11(8-12(10)14)15-13(17)9-16-6-2-3-7-20(16,18)19/h4-5,8H,2-3,6-7,9H2,1H3,(H,15,17). The van der Waals surface area contributed by atoms with Crippen LogP contribution in [0.3, 0.4) is 0 Å². The summed E-state index contributed by atoms with van der Waals surface area (Å²) < 4.78 is 24.8. The van der Waals surface area contributed by atoms with Crippen molar-refractivity contribution in [2.45, 2.75) is 19.8 Å². The summed E-state index contributed by atoms with van der Waals surface area (Å²) in [6.07, 6.45) is 1.46. The summed E-state index contributed by atoms with van der Waals surface area (Å²) in [5.74, 6) is -0.230. The Kier molecular flexibility index (Phi) is 4.67. The quantitative estimate of drug-likeness (QED) is 0.927. The molecule has 5 nitrogen and oxygen atoms in total. The summed E-state index contributed by atoms with van der Waals surface area (Å²) in [5, 5.41) is 3.23. The third-order valence-electron chi connectivity index (χ3n) is 3.23. The molecular formula is C13H17ClN2O3S. The molecule has 0 aromatic heterocycles. The number of nitrogens with one attached hydrogen (secondary N) is 1. The van der Waals surface area contributed by atoms with Gasteiger partial charge in [-0.25, -0.2) is 8.42 Å². The summed E-state index contributed by atoms with van der Waals surface area (Å²) in [5.41, 5.74) is 1.49. The average Bonchev–Trinajstić information content (AvgIpc) is 2.36. The molecule has 0 saturated carbocycles. The van der Waals surface area contributed by atoms with Crippen LogP contribution in [0.15, 0.2) is 18.2 Å². The Bertz CT molecular complexity index is 616. The highest BCUT2D eigenvalue weighted by atomic mass is 35.5. The number of carbonyl (C=O) groups excluding carboxylic acids is 1. The molecule has 0 atom stereocenters. The van der Waals surface area contributed by atoms with Crippen molar-refractivity contribution in [1.29, 1.82) is 0 Å².